The summed E-state index contributed by atoms with van der Waals surface area (Å²) in [4.78, 5) is 17.0. The second kappa shape index (κ2) is 9.54. The molecule has 7 nitrogen and oxygen atoms in total. The Morgan fingerprint density at radius 2 is 2.00 bits per heavy atom. The summed E-state index contributed by atoms with van der Waals surface area (Å²) < 4.78 is 10.6. The topological polar surface area (TPSA) is 103 Å². The molecule has 144 valence electrons. The van der Waals surface area contributed by atoms with Crippen molar-refractivity contribution in [3.8, 4) is 17.1 Å². The first-order chi connectivity index (χ1) is 12.0. The maximum Gasteiger partial charge on any atom is 0.249 e. The first-order valence-corrected chi connectivity index (χ1v) is 8.49. The fourth-order valence-electron chi connectivity index (χ4n) is 2.71. The van der Waals surface area contributed by atoms with Crippen LogP contribution in [0.2, 0.25) is 0 Å². The Morgan fingerprint density at radius 3 is 2.58 bits per heavy atom. The molecule has 1 aromatic heterocycles. The Bertz CT molecular complexity index is 708. The molecule has 1 atom stereocenters. The lowest BCUT2D eigenvalue weighted by atomic mass is 9.81. The third kappa shape index (κ3) is 4.34. The minimum absolute atomic E-state index is 0. The number of hydrogen-bond donors (Lipinski definition) is 2. The molecule has 1 unspecified atom stereocenters. The molecule has 0 bridgehead atoms. The molecule has 3 N–H and O–H groups in total. The predicted molar refractivity (Wildman–Crippen MR) is 102 cm³/mol. The molecule has 1 heterocycles. The Balaban J connectivity index is 0.00000338. The second-order valence-electron chi connectivity index (χ2n) is 6.04. The average Bonchev–Trinajstić information content (AvgIpc) is 3.13. The third-order valence-electron chi connectivity index (χ3n) is 4.73. The van der Waals surface area contributed by atoms with Crippen LogP contribution in [-0.4, -0.2) is 29.7 Å². The van der Waals surface area contributed by atoms with E-state index in [1.807, 2.05) is 45.0 Å². The minimum Gasteiger partial charge on any atom is -0.496 e. The van der Waals surface area contributed by atoms with E-state index < -0.39 is 11.5 Å². The van der Waals surface area contributed by atoms with Gasteiger partial charge in [0, 0.05) is 6.54 Å². The number of nitrogens with zero attached hydrogens (tertiary/aromatic N) is 2. The zero-order valence-corrected chi connectivity index (χ0v) is 16.4. The maximum absolute atomic E-state index is 12.6. The number of ether oxygens (including phenoxy) is 1. The molecule has 2 aromatic rings. The molecule has 2 rings (SSSR count). The smallest absolute Gasteiger partial charge is 0.249 e. The van der Waals surface area contributed by atoms with Crippen LogP contribution in [0.15, 0.2) is 28.8 Å². The molecule has 0 aliphatic rings. The number of carbonyl (C=O) groups is 1. The number of nitrogens with two attached hydrogens (primary N) is 1. The van der Waals surface area contributed by atoms with E-state index in [9.17, 15) is 4.79 Å². The average molecular weight is 383 g/mol. The van der Waals surface area contributed by atoms with Crippen molar-refractivity contribution >= 4 is 18.3 Å². The first kappa shape index (κ1) is 21.9. The van der Waals surface area contributed by atoms with E-state index in [-0.39, 0.29) is 18.3 Å². The first-order valence-electron chi connectivity index (χ1n) is 8.49. The minimum atomic E-state index is -0.570. The highest BCUT2D eigenvalue weighted by Crippen LogP contribution is 2.29. The van der Waals surface area contributed by atoms with Crippen LogP contribution in [0.25, 0.3) is 11.4 Å². The lowest BCUT2D eigenvalue weighted by molar-refractivity contribution is -0.131. The second-order valence-corrected chi connectivity index (χ2v) is 6.04. The summed E-state index contributed by atoms with van der Waals surface area (Å²) in [6.07, 6.45) is 1.35. The van der Waals surface area contributed by atoms with Gasteiger partial charge in [-0.15, -0.1) is 12.4 Å². The number of aromatic nitrogens is 2. The lowest BCUT2D eigenvalue weighted by Gasteiger charge is -2.29. The van der Waals surface area contributed by atoms with Crippen LogP contribution in [0.4, 0.5) is 0 Å². The molecule has 26 heavy (non-hydrogen) atoms. The summed E-state index contributed by atoms with van der Waals surface area (Å²) in [5.41, 5.74) is 5.99. The summed E-state index contributed by atoms with van der Waals surface area (Å²) in [7, 11) is 1.59. The molecule has 0 aliphatic carbocycles. The van der Waals surface area contributed by atoms with Crippen LogP contribution in [0.3, 0.4) is 0 Å². The van der Waals surface area contributed by atoms with Gasteiger partial charge in [-0.1, -0.05) is 31.1 Å². The van der Waals surface area contributed by atoms with E-state index in [4.69, 9.17) is 15.0 Å². The lowest BCUT2D eigenvalue weighted by Crippen LogP contribution is -2.46. The largest absolute Gasteiger partial charge is 0.496 e. The van der Waals surface area contributed by atoms with Gasteiger partial charge >= 0.3 is 0 Å². The molecule has 0 spiro atoms. The highest BCUT2D eigenvalue weighted by molar-refractivity contribution is 5.85. The summed E-state index contributed by atoms with van der Waals surface area (Å²) in [5.74, 6) is 1.33. The van der Waals surface area contributed by atoms with Crippen molar-refractivity contribution in [1.82, 2.24) is 15.5 Å². The van der Waals surface area contributed by atoms with Crippen molar-refractivity contribution < 1.29 is 14.1 Å². The zero-order chi connectivity index (χ0) is 18.4. The SMILES string of the molecule is CCC(CC)(CN)C(=O)NC(C)c1nc(-c2ccccc2OC)no1.Cl. The summed E-state index contributed by atoms with van der Waals surface area (Å²) >= 11 is 0. The van der Waals surface area contributed by atoms with Gasteiger partial charge in [0.2, 0.25) is 17.6 Å². The molecule has 0 saturated heterocycles. The molecule has 1 amide bonds. The monoisotopic (exact) mass is 382 g/mol. The van der Waals surface area contributed by atoms with Crippen LogP contribution < -0.4 is 15.8 Å². The molecule has 0 fully saturated rings. The van der Waals surface area contributed by atoms with E-state index in [1.54, 1.807) is 7.11 Å². The van der Waals surface area contributed by atoms with Gasteiger partial charge in [0.25, 0.3) is 0 Å². The zero-order valence-electron chi connectivity index (χ0n) is 15.6. The number of hydrogen-bond acceptors (Lipinski definition) is 6. The number of carbonyl (C=O) groups excluding carboxylic acids is 1. The molecule has 0 aliphatic heterocycles. The normalized spacial score (nSPS) is 12.2. The van der Waals surface area contributed by atoms with E-state index in [2.05, 4.69) is 15.5 Å². The van der Waals surface area contributed by atoms with Crippen molar-refractivity contribution in [2.45, 2.75) is 39.7 Å². The van der Waals surface area contributed by atoms with Crippen LogP contribution in [0, 0.1) is 5.41 Å². The molecular formula is C18H27ClN4O3. The van der Waals surface area contributed by atoms with Crippen molar-refractivity contribution in [3.63, 3.8) is 0 Å². The van der Waals surface area contributed by atoms with Gasteiger partial charge < -0.3 is 20.3 Å². The summed E-state index contributed by atoms with van der Waals surface area (Å²) in [6, 6.07) is 7.01. The summed E-state index contributed by atoms with van der Waals surface area (Å²) in [6.45, 7) is 6.04. The van der Waals surface area contributed by atoms with Gasteiger partial charge in [0.15, 0.2) is 0 Å². The van der Waals surface area contributed by atoms with Gasteiger partial charge in [-0.05, 0) is 31.9 Å². The van der Waals surface area contributed by atoms with Crippen molar-refractivity contribution in [1.29, 1.82) is 0 Å². The van der Waals surface area contributed by atoms with Crippen molar-refractivity contribution in [3.05, 3.63) is 30.2 Å². The number of methoxy groups -OCH3 is 1. The van der Waals surface area contributed by atoms with E-state index >= 15 is 0 Å². The van der Waals surface area contributed by atoms with E-state index in [0.29, 0.717) is 36.9 Å². The molecule has 0 saturated carbocycles. The van der Waals surface area contributed by atoms with Crippen molar-refractivity contribution in [2.24, 2.45) is 11.1 Å². The number of benzene rings is 1. The highest BCUT2D eigenvalue weighted by atomic mass is 35.5. The van der Waals surface area contributed by atoms with Gasteiger partial charge in [-0.2, -0.15) is 4.98 Å². The number of rotatable bonds is 8. The predicted octanol–water partition coefficient (Wildman–Crippen LogP) is 3.11. The van der Waals surface area contributed by atoms with E-state index in [0.717, 1.165) is 5.56 Å². The molecule has 0 radical (unpaired) electrons. The summed E-state index contributed by atoms with van der Waals surface area (Å²) in [5, 5.41) is 6.94. The van der Waals surface area contributed by atoms with Crippen LogP contribution in [0.1, 0.15) is 45.5 Å². The Kier molecular flexibility index (Phi) is 8.05. The number of halogens is 1. The Morgan fingerprint density at radius 1 is 1.35 bits per heavy atom. The molecular weight excluding hydrogens is 356 g/mol. The fourth-order valence-corrected chi connectivity index (χ4v) is 2.71. The van der Waals surface area contributed by atoms with Gasteiger partial charge in [-0.3, -0.25) is 4.79 Å². The molecule has 1 aromatic carbocycles. The number of amides is 1. The van der Waals surface area contributed by atoms with Crippen LogP contribution >= 0.6 is 12.4 Å². The van der Waals surface area contributed by atoms with Gasteiger partial charge in [-0.25, -0.2) is 0 Å². The number of para-hydroxylation sites is 1. The van der Waals surface area contributed by atoms with Gasteiger partial charge in [0.05, 0.1) is 18.1 Å². The van der Waals surface area contributed by atoms with E-state index in [1.165, 1.54) is 0 Å². The fraction of sp³-hybridized carbons (Fsp3) is 0.500. The quantitative estimate of drug-likeness (QED) is 0.727. The standard InChI is InChI=1S/C18H26N4O3.ClH/c1-5-18(6-2,11-19)17(23)20-12(3)16-21-15(22-25-16)13-9-7-8-10-14(13)24-4;/h7-10,12H,5-6,11,19H2,1-4H3,(H,20,23);1H. The highest BCUT2D eigenvalue weighted by Gasteiger charge is 2.34. The Labute approximate surface area is 160 Å². The third-order valence-corrected chi connectivity index (χ3v) is 4.73. The number of nitrogens with one attached hydrogen (secondary N) is 1. The Hall–Kier alpha value is -2.12. The van der Waals surface area contributed by atoms with Crippen LogP contribution in [-0.2, 0) is 4.79 Å². The van der Waals surface area contributed by atoms with Crippen molar-refractivity contribution in [2.75, 3.05) is 13.7 Å². The van der Waals surface area contributed by atoms with Gasteiger partial charge in [0.1, 0.15) is 11.8 Å². The maximum atomic E-state index is 12.6. The van der Waals surface area contributed by atoms with Crippen LogP contribution in [0.5, 0.6) is 5.75 Å². The molecule has 8 heteroatoms.